The second kappa shape index (κ2) is 12.8. The lowest BCUT2D eigenvalue weighted by atomic mass is 9.82. The Morgan fingerprint density at radius 2 is 1.40 bits per heavy atom. The van der Waals surface area contributed by atoms with E-state index in [9.17, 15) is 24.0 Å². The van der Waals surface area contributed by atoms with Gasteiger partial charge < -0.3 is 47.4 Å². The molecule has 0 unspecified atom stereocenters. The normalized spacial score (nSPS) is 37.5. The highest BCUT2D eigenvalue weighted by Gasteiger charge is 2.64. The zero-order valence-corrected chi connectivity index (χ0v) is 25.3. The number of hydrogen-bond acceptors (Lipinski definition) is 15. The van der Waals surface area contributed by atoms with Crippen molar-refractivity contribution in [3.63, 3.8) is 0 Å². The molecule has 0 amide bonds. The minimum absolute atomic E-state index is 0.231. The quantitative estimate of drug-likeness (QED) is 0.278. The number of hydrogen-bond donors (Lipinski definition) is 0. The van der Waals surface area contributed by atoms with Crippen LogP contribution in [0.2, 0.25) is 0 Å². The molecular formula is C28H38O15. The summed E-state index contributed by atoms with van der Waals surface area (Å²) in [7, 11) is 1.25. The Morgan fingerprint density at radius 1 is 0.814 bits per heavy atom. The molecule has 15 nitrogen and oxygen atoms in total. The molecular weight excluding hydrogens is 576 g/mol. The lowest BCUT2D eigenvalue weighted by Gasteiger charge is -2.46. The first kappa shape index (κ1) is 32.6. The van der Waals surface area contributed by atoms with Gasteiger partial charge in [-0.1, -0.05) is 6.92 Å². The molecule has 0 aromatic heterocycles. The van der Waals surface area contributed by atoms with Crippen LogP contribution < -0.4 is 0 Å². The Morgan fingerprint density at radius 3 is 1.98 bits per heavy atom. The summed E-state index contributed by atoms with van der Waals surface area (Å²) in [5, 5.41) is 0. The summed E-state index contributed by atoms with van der Waals surface area (Å²) in [6, 6.07) is 0. The number of carbonyl (C=O) groups excluding carboxylic acids is 5. The molecule has 0 aromatic rings. The van der Waals surface area contributed by atoms with Gasteiger partial charge in [-0.15, -0.1) is 0 Å². The number of carbonyl (C=O) groups is 5. The summed E-state index contributed by atoms with van der Waals surface area (Å²) in [4.78, 5) is 60.8. The molecule has 3 heterocycles. The SMILES string of the molecule is COC(=O)C1=CO[C@@H](O[C@@H]2O[C@H](COC(C)=O)[C@@H](OC(C)=O)[C@H](OC(C)=O)[C@H]2OC(C)=O)[C@@H]2[C@H](C)[C@H]3OC(C)(C)O[C@H]3[C@H]12. The highest BCUT2D eigenvalue weighted by atomic mass is 16.8. The minimum Gasteiger partial charge on any atom is -0.472 e. The van der Waals surface area contributed by atoms with Crippen LogP contribution in [0.3, 0.4) is 0 Å². The van der Waals surface area contributed by atoms with Crippen molar-refractivity contribution >= 4 is 29.8 Å². The van der Waals surface area contributed by atoms with Gasteiger partial charge in [-0.25, -0.2) is 4.79 Å². The topological polar surface area (TPSA) is 178 Å². The van der Waals surface area contributed by atoms with Crippen molar-refractivity contribution in [2.75, 3.05) is 13.7 Å². The van der Waals surface area contributed by atoms with Crippen molar-refractivity contribution in [1.29, 1.82) is 0 Å². The third-order valence-electron chi connectivity index (χ3n) is 7.70. The second-order valence-corrected chi connectivity index (χ2v) is 11.3. The first-order valence-electron chi connectivity index (χ1n) is 13.9. The van der Waals surface area contributed by atoms with Crippen molar-refractivity contribution < 1.29 is 71.3 Å². The molecule has 240 valence electrons. The Labute approximate surface area is 248 Å². The predicted molar refractivity (Wildman–Crippen MR) is 138 cm³/mol. The number of fused-ring (bicyclic) bond motifs is 3. The molecule has 0 bridgehead atoms. The van der Waals surface area contributed by atoms with Crippen molar-refractivity contribution in [1.82, 2.24) is 0 Å². The molecule has 2 saturated heterocycles. The van der Waals surface area contributed by atoms with E-state index >= 15 is 0 Å². The largest absolute Gasteiger partial charge is 0.472 e. The smallest absolute Gasteiger partial charge is 0.337 e. The summed E-state index contributed by atoms with van der Waals surface area (Å²) >= 11 is 0. The molecule has 43 heavy (non-hydrogen) atoms. The van der Waals surface area contributed by atoms with Gasteiger partial charge in [0.05, 0.1) is 31.2 Å². The van der Waals surface area contributed by atoms with Crippen LogP contribution in [-0.2, 0) is 71.3 Å². The van der Waals surface area contributed by atoms with Crippen LogP contribution in [0.5, 0.6) is 0 Å². The summed E-state index contributed by atoms with van der Waals surface area (Å²) in [6.45, 7) is 9.59. The molecule has 4 rings (SSSR count). The van der Waals surface area contributed by atoms with E-state index in [-0.39, 0.29) is 11.5 Å². The van der Waals surface area contributed by atoms with Crippen molar-refractivity contribution in [2.45, 2.75) is 103 Å². The number of ether oxygens (including phenoxy) is 10. The molecule has 15 heteroatoms. The van der Waals surface area contributed by atoms with Crippen LogP contribution in [0.4, 0.5) is 0 Å². The third kappa shape index (κ3) is 6.95. The fraction of sp³-hybridized carbons (Fsp3) is 0.750. The highest BCUT2D eigenvalue weighted by Crippen LogP contribution is 2.54. The van der Waals surface area contributed by atoms with Crippen molar-refractivity contribution in [3.05, 3.63) is 11.8 Å². The zero-order chi connectivity index (χ0) is 31.8. The van der Waals surface area contributed by atoms with Gasteiger partial charge >= 0.3 is 29.8 Å². The highest BCUT2D eigenvalue weighted by molar-refractivity contribution is 5.89. The number of rotatable bonds is 8. The van der Waals surface area contributed by atoms with Crippen molar-refractivity contribution in [2.24, 2.45) is 17.8 Å². The van der Waals surface area contributed by atoms with E-state index < -0.39 is 103 Å². The standard InChI is InChI=1S/C28H38O15/c1-11-18-19(22-20(11)42-28(6,7)43-22)16(25(33)34-8)9-36-26(18)41-27-24(39-15(5)32)23(38-14(4)31)21(37-13(3)30)17(40-27)10-35-12(2)29/h9,11,17-24,26-27H,10H2,1-8H3/t11-,17+,18+,19+,20+,21+,22-,23-,24+,26-,27-/m0/s1. The molecule has 3 fully saturated rings. The lowest BCUT2D eigenvalue weighted by Crippen LogP contribution is -2.63. The molecule has 3 aliphatic heterocycles. The van der Waals surface area contributed by atoms with Crippen LogP contribution in [0, 0.1) is 17.8 Å². The van der Waals surface area contributed by atoms with E-state index in [2.05, 4.69) is 0 Å². The molecule has 1 saturated carbocycles. The van der Waals surface area contributed by atoms with Gasteiger partial charge in [-0.05, 0) is 19.8 Å². The maximum Gasteiger partial charge on any atom is 0.337 e. The maximum absolute atomic E-state index is 12.8. The van der Waals surface area contributed by atoms with Crippen LogP contribution in [0.15, 0.2) is 11.8 Å². The minimum atomic E-state index is -1.48. The second-order valence-electron chi connectivity index (χ2n) is 11.3. The van der Waals surface area contributed by atoms with Gasteiger partial charge in [-0.2, -0.15) is 0 Å². The monoisotopic (exact) mass is 614 g/mol. The fourth-order valence-electron chi connectivity index (χ4n) is 6.23. The Balaban J connectivity index is 1.71. The molecule has 1 aliphatic carbocycles. The zero-order valence-electron chi connectivity index (χ0n) is 25.3. The molecule has 11 atom stereocenters. The van der Waals surface area contributed by atoms with Gasteiger partial charge in [0.25, 0.3) is 0 Å². The molecule has 0 spiro atoms. The molecule has 4 aliphatic rings. The number of esters is 5. The van der Waals surface area contributed by atoms with E-state index in [1.807, 2.05) is 6.92 Å². The van der Waals surface area contributed by atoms with E-state index in [4.69, 9.17) is 47.4 Å². The number of methoxy groups -OCH3 is 1. The summed E-state index contributed by atoms with van der Waals surface area (Å²) in [5.41, 5.74) is 0.231. The van der Waals surface area contributed by atoms with Crippen molar-refractivity contribution in [3.8, 4) is 0 Å². The maximum atomic E-state index is 12.8. The average Bonchev–Trinajstić information content (AvgIpc) is 3.36. The lowest BCUT2D eigenvalue weighted by molar-refractivity contribution is -0.346. The van der Waals surface area contributed by atoms with Gasteiger partial charge in [0.15, 0.2) is 24.1 Å². The van der Waals surface area contributed by atoms with E-state index in [0.29, 0.717) is 0 Å². The van der Waals surface area contributed by atoms with Gasteiger partial charge in [-0.3, -0.25) is 19.2 Å². The first-order valence-corrected chi connectivity index (χ1v) is 13.9. The fourth-order valence-corrected chi connectivity index (χ4v) is 6.23. The first-order chi connectivity index (χ1) is 20.1. The van der Waals surface area contributed by atoms with Crippen LogP contribution >= 0.6 is 0 Å². The van der Waals surface area contributed by atoms with E-state index in [0.717, 1.165) is 20.8 Å². The summed E-state index contributed by atoms with van der Waals surface area (Å²) in [5.74, 6) is -5.86. The summed E-state index contributed by atoms with van der Waals surface area (Å²) in [6.07, 6.45) is -7.75. The van der Waals surface area contributed by atoms with E-state index in [1.165, 1.54) is 20.3 Å². The van der Waals surface area contributed by atoms with Crippen LogP contribution in [-0.4, -0.2) is 98.6 Å². The summed E-state index contributed by atoms with van der Waals surface area (Å²) < 4.78 is 57.2. The molecule has 0 aromatic carbocycles. The van der Waals surface area contributed by atoms with Gasteiger partial charge in [0, 0.05) is 39.5 Å². The third-order valence-corrected chi connectivity index (χ3v) is 7.70. The molecule has 0 radical (unpaired) electrons. The predicted octanol–water partition coefficient (Wildman–Crippen LogP) is 0.902. The molecule has 0 N–H and O–H groups in total. The van der Waals surface area contributed by atoms with Crippen LogP contribution in [0.25, 0.3) is 0 Å². The Hall–Kier alpha value is -3.27. The Bertz CT molecular complexity index is 1150. The van der Waals surface area contributed by atoms with Crippen LogP contribution in [0.1, 0.15) is 48.5 Å². The van der Waals surface area contributed by atoms with E-state index in [1.54, 1.807) is 13.8 Å². The average molecular weight is 615 g/mol. The van der Waals surface area contributed by atoms with Gasteiger partial charge in [0.2, 0.25) is 12.6 Å². The van der Waals surface area contributed by atoms with Gasteiger partial charge in [0.1, 0.15) is 12.7 Å². The Kier molecular flexibility index (Phi) is 9.69.